The maximum absolute atomic E-state index is 6.45. The van der Waals surface area contributed by atoms with Crippen molar-refractivity contribution < 1.29 is 9.47 Å². The van der Waals surface area contributed by atoms with Gasteiger partial charge in [-0.3, -0.25) is 9.88 Å². The van der Waals surface area contributed by atoms with E-state index in [1.165, 1.54) is 38.8 Å². The van der Waals surface area contributed by atoms with E-state index < -0.39 is 0 Å². The van der Waals surface area contributed by atoms with Gasteiger partial charge >= 0.3 is 0 Å². The number of anilines is 2. The predicted octanol–water partition coefficient (Wildman–Crippen LogP) is 6.26. The van der Waals surface area contributed by atoms with Gasteiger partial charge in [-0.2, -0.15) is 0 Å². The third-order valence-electron chi connectivity index (χ3n) is 6.24. The SMILES string of the molecule is Clc1cc(Nc2ncc3c(OCCN4CCCCCC4)cccc3n2)ccc1OCc1ccccn1. The smallest absolute Gasteiger partial charge is 0.227 e. The molecule has 2 aromatic carbocycles. The van der Waals surface area contributed by atoms with Crippen molar-refractivity contribution >= 4 is 34.1 Å². The van der Waals surface area contributed by atoms with E-state index in [1.807, 2.05) is 48.5 Å². The fourth-order valence-electron chi connectivity index (χ4n) is 4.32. The Bertz CT molecular complexity index is 1280. The number of likely N-dealkylation sites (tertiary alicyclic amines) is 1. The molecule has 0 spiro atoms. The Hall–Kier alpha value is -3.42. The molecule has 1 saturated heterocycles. The van der Waals surface area contributed by atoms with Crippen LogP contribution in [0, 0.1) is 0 Å². The van der Waals surface area contributed by atoms with Gasteiger partial charge in [0.05, 0.1) is 21.6 Å². The molecule has 7 nitrogen and oxygen atoms in total. The Balaban J connectivity index is 1.21. The summed E-state index contributed by atoms with van der Waals surface area (Å²) in [5.41, 5.74) is 2.43. The van der Waals surface area contributed by atoms with Crippen molar-refractivity contribution in [2.24, 2.45) is 0 Å². The number of nitrogens with one attached hydrogen (secondary N) is 1. The van der Waals surface area contributed by atoms with Crippen molar-refractivity contribution in [2.45, 2.75) is 32.3 Å². The van der Waals surface area contributed by atoms with Crippen molar-refractivity contribution in [1.82, 2.24) is 19.9 Å². The topological polar surface area (TPSA) is 72.4 Å². The van der Waals surface area contributed by atoms with Gasteiger partial charge in [0, 0.05) is 24.6 Å². The van der Waals surface area contributed by atoms with Crippen LogP contribution >= 0.6 is 11.6 Å². The second-order valence-corrected chi connectivity index (χ2v) is 9.27. The summed E-state index contributed by atoms with van der Waals surface area (Å²) < 4.78 is 11.9. The zero-order valence-electron chi connectivity index (χ0n) is 20.2. The Morgan fingerprint density at radius 2 is 1.78 bits per heavy atom. The number of rotatable bonds is 9. The van der Waals surface area contributed by atoms with Gasteiger partial charge in [0.15, 0.2) is 0 Å². The number of aromatic nitrogens is 3. The zero-order chi connectivity index (χ0) is 24.6. The average Bonchev–Trinajstić information content (AvgIpc) is 3.18. The molecule has 8 heteroatoms. The molecule has 36 heavy (non-hydrogen) atoms. The van der Waals surface area contributed by atoms with Gasteiger partial charge in [0.1, 0.15) is 24.7 Å². The molecular formula is C28H30ClN5O2. The highest BCUT2D eigenvalue weighted by Crippen LogP contribution is 2.30. The van der Waals surface area contributed by atoms with Gasteiger partial charge in [0.25, 0.3) is 0 Å². The molecule has 1 N–H and O–H groups in total. The first-order valence-electron chi connectivity index (χ1n) is 12.4. The summed E-state index contributed by atoms with van der Waals surface area (Å²) in [6, 6.07) is 17.1. The molecule has 0 aliphatic carbocycles. The molecule has 1 aliphatic heterocycles. The summed E-state index contributed by atoms with van der Waals surface area (Å²) in [5.74, 6) is 1.89. The molecule has 3 heterocycles. The van der Waals surface area contributed by atoms with E-state index in [-0.39, 0.29) is 0 Å². The van der Waals surface area contributed by atoms with E-state index in [1.54, 1.807) is 18.5 Å². The molecule has 0 amide bonds. The number of nitrogens with zero attached hydrogens (tertiary/aromatic N) is 4. The summed E-state index contributed by atoms with van der Waals surface area (Å²) in [4.78, 5) is 15.9. The van der Waals surface area contributed by atoms with Crippen molar-refractivity contribution in [3.63, 3.8) is 0 Å². The predicted molar refractivity (Wildman–Crippen MR) is 143 cm³/mol. The van der Waals surface area contributed by atoms with Crippen molar-refractivity contribution in [3.8, 4) is 11.5 Å². The monoisotopic (exact) mass is 503 g/mol. The summed E-state index contributed by atoms with van der Waals surface area (Å²) in [6.45, 7) is 4.28. The quantitative estimate of drug-likeness (QED) is 0.289. The molecule has 0 bridgehead atoms. The number of benzene rings is 2. The standard InChI is InChI=1S/C28H30ClN5O2/c29-24-18-21(11-12-27(24)36-20-22-8-3-4-13-30-22)32-28-31-19-23-25(33-28)9-7-10-26(23)35-17-16-34-14-5-1-2-6-15-34/h3-4,7-13,18-19H,1-2,5-6,14-17,20H2,(H,31,32,33). The molecule has 186 valence electrons. The molecule has 5 rings (SSSR count). The molecule has 0 saturated carbocycles. The lowest BCUT2D eigenvalue weighted by Crippen LogP contribution is -2.29. The average molecular weight is 504 g/mol. The summed E-state index contributed by atoms with van der Waals surface area (Å²) in [5, 5.41) is 4.62. The van der Waals surface area contributed by atoms with E-state index in [9.17, 15) is 0 Å². The van der Waals surface area contributed by atoms with Crippen LogP contribution in [0.15, 0.2) is 67.0 Å². The molecule has 0 unspecified atom stereocenters. The summed E-state index contributed by atoms with van der Waals surface area (Å²) >= 11 is 6.45. The van der Waals surface area contributed by atoms with E-state index in [0.717, 1.165) is 34.6 Å². The number of hydrogen-bond donors (Lipinski definition) is 1. The minimum Gasteiger partial charge on any atom is -0.491 e. The van der Waals surface area contributed by atoms with Gasteiger partial charge in [-0.05, 0) is 68.4 Å². The van der Waals surface area contributed by atoms with Gasteiger partial charge in [0.2, 0.25) is 5.95 Å². The van der Waals surface area contributed by atoms with Gasteiger partial charge in [-0.25, -0.2) is 9.97 Å². The lowest BCUT2D eigenvalue weighted by molar-refractivity contribution is 0.215. The van der Waals surface area contributed by atoms with Crippen LogP contribution in [0.5, 0.6) is 11.5 Å². The van der Waals surface area contributed by atoms with Crippen molar-refractivity contribution in [2.75, 3.05) is 31.6 Å². The number of ether oxygens (including phenoxy) is 2. The Morgan fingerprint density at radius 1 is 0.889 bits per heavy atom. The molecule has 1 fully saturated rings. The number of halogens is 1. The molecule has 0 atom stereocenters. The second kappa shape index (κ2) is 12.0. The lowest BCUT2D eigenvalue weighted by atomic mass is 10.2. The van der Waals surface area contributed by atoms with E-state index >= 15 is 0 Å². The van der Waals surface area contributed by atoms with Crippen LogP contribution in [0.2, 0.25) is 5.02 Å². The highest BCUT2D eigenvalue weighted by atomic mass is 35.5. The molecular weight excluding hydrogens is 474 g/mol. The lowest BCUT2D eigenvalue weighted by Gasteiger charge is -2.20. The minimum atomic E-state index is 0.351. The van der Waals surface area contributed by atoms with Crippen LogP contribution in [0.3, 0.4) is 0 Å². The maximum atomic E-state index is 6.45. The normalized spacial score (nSPS) is 14.4. The molecule has 1 aliphatic rings. The minimum absolute atomic E-state index is 0.351. The van der Waals surface area contributed by atoms with Crippen LogP contribution in [0.1, 0.15) is 31.4 Å². The fraction of sp³-hybridized carbons (Fsp3) is 0.321. The third-order valence-corrected chi connectivity index (χ3v) is 6.53. The molecule has 4 aromatic rings. The van der Waals surface area contributed by atoms with Crippen LogP contribution in [-0.4, -0.2) is 46.1 Å². The molecule has 0 radical (unpaired) electrons. The Morgan fingerprint density at radius 3 is 2.58 bits per heavy atom. The zero-order valence-corrected chi connectivity index (χ0v) is 21.0. The summed E-state index contributed by atoms with van der Waals surface area (Å²) in [6.07, 6.45) is 8.78. The van der Waals surface area contributed by atoms with E-state index in [0.29, 0.717) is 29.9 Å². The second-order valence-electron chi connectivity index (χ2n) is 8.87. The van der Waals surface area contributed by atoms with Crippen LogP contribution in [0.4, 0.5) is 11.6 Å². The van der Waals surface area contributed by atoms with Crippen molar-refractivity contribution in [1.29, 1.82) is 0 Å². The largest absolute Gasteiger partial charge is 0.491 e. The number of fused-ring (bicyclic) bond motifs is 1. The number of hydrogen-bond acceptors (Lipinski definition) is 7. The highest BCUT2D eigenvalue weighted by molar-refractivity contribution is 6.32. The third kappa shape index (κ3) is 6.42. The summed E-state index contributed by atoms with van der Waals surface area (Å²) in [7, 11) is 0. The van der Waals surface area contributed by atoms with Crippen LogP contribution in [-0.2, 0) is 6.61 Å². The highest BCUT2D eigenvalue weighted by Gasteiger charge is 2.11. The van der Waals surface area contributed by atoms with Gasteiger partial charge < -0.3 is 14.8 Å². The van der Waals surface area contributed by atoms with Crippen LogP contribution < -0.4 is 14.8 Å². The van der Waals surface area contributed by atoms with Crippen LogP contribution in [0.25, 0.3) is 10.9 Å². The first kappa shape index (κ1) is 24.3. The van der Waals surface area contributed by atoms with E-state index in [4.69, 9.17) is 21.1 Å². The molecule has 2 aromatic heterocycles. The number of pyridine rings is 1. The first-order valence-corrected chi connectivity index (χ1v) is 12.8. The maximum Gasteiger partial charge on any atom is 0.227 e. The van der Waals surface area contributed by atoms with Gasteiger partial charge in [-0.15, -0.1) is 0 Å². The first-order chi connectivity index (χ1) is 17.7. The Labute approximate surface area is 216 Å². The van der Waals surface area contributed by atoms with E-state index in [2.05, 4.69) is 25.2 Å². The fourth-order valence-corrected chi connectivity index (χ4v) is 4.55. The van der Waals surface area contributed by atoms with Gasteiger partial charge in [-0.1, -0.05) is 36.6 Å². The van der Waals surface area contributed by atoms with Crippen molar-refractivity contribution in [3.05, 3.63) is 77.7 Å². The Kier molecular flexibility index (Phi) is 8.10.